The molecule has 0 saturated heterocycles. The minimum Gasteiger partial charge on any atom is -0.373 e. The van der Waals surface area contributed by atoms with E-state index in [0.29, 0.717) is 23.7 Å². The van der Waals surface area contributed by atoms with Gasteiger partial charge in [-0.2, -0.15) is 0 Å². The lowest BCUT2D eigenvalue weighted by atomic mass is 10.1. The maximum atomic E-state index is 12.2. The number of benzene rings is 1. The molecule has 0 radical (unpaired) electrons. The van der Waals surface area contributed by atoms with Gasteiger partial charge < -0.3 is 10.6 Å². The van der Waals surface area contributed by atoms with Crippen molar-refractivity contribution in [1.29, 1.82) is 0 Å². The van der Waals surface area contributed by atoms with Gasteiger partial charge in [0.15, 0.2) is 0 Å². The van der Waals surface area contributed by atoms with Crippen LogP contribution in [0.2, 0.25) is 0 Å². The Morgan fingerprint density at radius 1 is 1.35 bits per heavy atom. The van der Waals surface area contributed by atoms with Gasteiger partial charge in [0.05, 0.1) is 11.1 Å². The van der Waals surface area contributed by atoms with E-state index in [2.05, 4.69) is 15.6 Å². The monoisotopic (exact) mass is 291 g/mol. The SMILES string of the molecule is CNc1cc(C(=O)NCCS(C)=O)c2ccccc2n1. The third kappa shape index (κ3) is 3.33. The van der Waals surface area contributed by atoms with Crippen molar-refractivity contribution in [1.82, 2.24) is 10.3 Å². The molecule has 0 spiro atoms. The number of nitrogens with zero attached hydrogens (tertiary/aromatic N) is 1. The number of hydrogen-bond acceptors (Lipinski definition) is 4. The summed E-state index contributed by atoms with van der Waals surface area (Å²) in [4.78, 5) is 16.6. The van der Waals surface area contributed by atoms with Crippen LogP contribution in [0.5, 0.6) is 0 Å². The minimum absolute atomic E-state index is 0.175. The van der Waals surface area contributed by atoms with E-state index in [1.807, 2.05) is 24.3 Å². The zero-order valence-electron chi connectivity index (χ0n) is 11.5. The first kappa shape index (κ1) is 14.5. The largest absolute Gasteiger partial charge is 0.373 e. The predicted molar refractivity (Wildman–Crippen MR) is 82.6 cm³/mol. The highest BCUT2D eigenvalue weighted by Gasteiger charge is 2.12. The Kier molecular flexibility index (Phi) is 4.68. The van der Waals surface area contributed by atoms with Gasteiger partial charge in [-0.1, -0.05) is 18.2 Å². The van der Waals surface area contributed by atoms with Crippen molar-refractivity contribution in [2.24, 2.45) is 0 Å². The second-order valence-corrected chi connectivity index (χ2v) is 5.91. The van der Waals surface area contributed by atoms with Crippen molar-refractivity contribution in [3.63, 3.8) is 0 Å². The summed E-state index contributed by atoms with van der Waals surface area (Å²) in [5.41, 5.74) is 1.34. The summed E-state index contributed by atoms with van der Waals surface area (Å²) < 4.78 is 11.0. The van der Waals surface area contributed by atoms with Crippen molar-refractivity contribution in [3.8, 4) is 0 Å². The molecule has 1 aromatic carbocycles. The molecular weight excluding hydrogens is 274 g/mol. The van der Waals surface area contributed by atoms with Gasteiger partial charge in [-0.25, -0.2) is 4.98 Å². The Morgan fingerprint density at radius 2 is 2.10 bits per heavy atom. The smallest absolute Gasteiger partial charge is 0.252 e. The quantitative estimate of drug-likeness (QED) is 0.873. The topological polar surface area (TPSA) is 71.1 Å². The van der Waals surface area contributed by atoms with Gasteiger partial charge in [-0.3, -0.25) is 9.00 Å². The van der Waals surface area contributed by atoms with Crippen LogP contribution in [0.3, 0.4) is 0 Å². The third-order valence-electron chi connectivity index (χ3n) is 2.89. The van der Waals surface area contributed by atoms with Gasteiger partial charge in [0.2, 0.25) is 0 Å². The third-order valence-corrected chi connectivity index (χ3v) is 3.67. The minimum atomic E-state index is -0.911. The van der Waals surface area contributed by atoms with E-state index < -0.39 is 10.8 Å². The molecular formula is C14H17N3O2S. The van der Waals surface area contributed by atoms with E-state index >= 15 is 0 Å². The summed E-state index contributed by atoms with van der Waals surface area (Å²) in [5.74, 6) is 0.923. The van der Waals surface area contributed by atoms with Crippen molar-refractivity contribution >= 4 is 33.4 Å². The van der Waals surface area contributed by atoms with Gasteiger partial charge in [-0.15, -0.1) is 0 Å². The summed E-state index contributed by atoms with van der Waals surface area (Å²) in [7, 11) is 0.852. The highest BCUT2D eigenvalue weighted by molar-refractivity contribution is 7.84. The van der Waals surface area contributed by atoms with Crippen LogP contribution in [0.4, 0.5) is 5.82 Å². The highest BCUT2D eigenvalue weighted by atomic mass is 32.2. The zero-order valence-corrected chi connectivity index (χ0v) is 12.3. The molecule has 1 unspecified atom stereocenters. The highest BCUT2D eigenvalue weighted by Crippen LogP contribution is 2.20. The zero-order chi connectivity index (χ0) is 14.5. The van der Waals surface area contributed by atoms with Crippen LogP contribution in [0.1, 0.15) is 10.4 Å². The standard InChI is InChI=1S/C14H17N3O2S/c1-15-13-9-11(14(18)16-7-8-20(2)19)10-5-3-4-6-12(10)17-13/h3-6,9H,7-8H2,1-2H3,(H,15,17)(H,16,18). The molecule has 1 amide bonds. The lowest BCUT2D eigenvalue weighted by Gasteiger charge is -2.09. The van der Waals surface area contributed by atoms with E-state index in [1.165, 1.54) is 0 Å². The van der Waals surface area contributed by atoms with Crippen LogP contribution in [-0.2, 0) is 10.8 Å². The van der Waals surface area contributed by atoms with Gasteiger partial charge in [0, 0.05) is 41.8 Å². The van der Waals surface area contributed by atoms with Gasteiger partial charge in [0.25, 0.3) is 5.91 Å². The Hall–Kier alpha value is -1.95. The summed E-state index contributed by atoms with van der Waals surface area (Å²) >= 11 is 0. The fourth-order valence-electron chi connectivity index (χ4n) is 1.89. The first-order chi connectivity index (χ1) is 9.61. The summed E-state index contributed by atoms with van der Waals surface area (Å²) in [6.45, 7) is 0.396. The molecule has 0 aliphatic rings. The predicted octanol–water partition coefficient (Wildman–Crippen LogP) is 1.38. The molecule has 0 fully saturated rings. The molecule has 20 heavy (non-hydrogen) atoms. The number of hydrogen-bond donors (Lipinski definition) is 2. The van der Waals surface area contributed by atoms with Crippen LogP contribution >= 0.6 is 0 Å². The van der Waals surface area contributed by atoms with E-state index in [0.717, 1.165) is 10.9 Å². The number of rotatable bonds is 5. The summed E-state index contributed by atoms with van der Waals surface area (Å²) in [5, 5.41) is 6.54. The molecule has 5 nitrogen and oxygen atoms in total. The normalized spacial score (nSPS) is 12.1. The van der Waals surface area contributed by atoms with Crippen LogP contribution in [0, 0.1) is 0 Å². The number of fused-ring (bicyclic) bond motifs is 1. The Labute approximate surface area is 120 Å². The van der Waals surface area contributed by atoms with Gasteiger partial charge in [0.1, 0.15) is 5.82 Å². The van der Waals surface area contributed by atoms with Crippen molar-refractivity contribution in [2.45, 2.75) is 0 Å². The Bertz CT molecular complexity index is 658. The van der Waals surface area contributed by atoms with Crippen molar-refractivity contribution in [2.75, 3.05) is 30.9 Å². The number of amides is 1. The molecule has 1 aromatic heterocycles. The molecule has 0 aliphatic heterocycles. The fraction of sp³-hybridized carbons (Fsp3) is 0.286. The first-order valence-electron chi connectivity index (χ1n) is 6.27. The molecule has 1 atom stereocenters. The molecule has 2 rings (SSSR count). The Balaban J connectivity index is 2.31. The second kappa shape index (κ2) is 6.47. The van der Waals surface area contributed by atoms with Crippen LogP contribution in [0.25, 0.3) is 10.9 Å². The second-order valence-electron chi connectivity index (χ2n) is 4.36. The van der Waals surface area contributed by atoms with E-state index in [1.54, 1.807) is 19.4 Å². The van der Waals surface area contributed by atoms with Crippen LogP contribution in [-0.4, -0.2) is 40.7 Å². The number of aromatic nitrogens is 1. The number of carbonyl (C=O) groups is 1. The summed E-state index contributed by atoms with van der Waals surface area (Å²) in [6, 6.07) is 9.22. The van der Waals surface area contributed by atoms with E-state index in [9.17, 15) is 9.00 Å². The van der Waals surface area contributed by atoms with E-state index in [4.69, 9.17) is 0 Å². The maximum absolute atomic E-state index is 12.2. The number of para-hydroxylation sites is 1. The van der Waals surface area contributed by atoms with Crippen molar-refractivity contribution in [3.05, 3.63) is 35.9 Å². The summed E-state index contributed by atoms with van der Waals surface area (Å²) in [6.07, 6.45) is 1.62. The molecule has 2 aromatic rings. The molecule has 0 bridgehead atoms. The molecule has 1 heterocycles. The average molecular weight is 291 g/mol. The molecule has 6 heteroatoms. The van der Waals surface area contributed by atoms with Gasteiger partial charge >= 0.3 is 0 Å². The molecule has 0 aliphatic carbocycles. The number of nitrogens with one attached hydrogen (secondary N) is 2. The van der Waals surface area contributed by atoms with Gasteiger partial charge in [-0.05, 0) is 12.1 Å². The average Bonchev–Trinajstić information content (AvgIpc) is 2.45. The molecule has 0 saturated carbocycles. The Morgan fingerprint density at radius 3 is 2.80 bits per heavy atom. The fourth-order valence-corrected chi connectivity index (χ4v) is 2.28. The lowest BCUT2D eigenvalue weighted by Crippen LogP contribution is -2.27. The number of pyridine rings is 1. The molecule has 2 N–H and O–H groups in total. The number of carbonyl (C=O) groups excluding carboxylic acids is 1. The molecule has 106 valence electrons. The lowest BCUT2D eigenvalue weighted by molar-refractivity contribution is 0.0958. The van der Waals surface area contributed by atoms with Crippen LogP contribution < -0.4 is 10.6 Å². The van der Waals surface area contributed by atoms with Crippen LogP contribution in [0.15, 0.2) is 30.3 Å². The van der Waals surface area contributed by atoms with Crippen molar-refractivity contribution < 1.29 is 9.00 Å². The number of anilines is 1. The first-order valence-corrected chi connectivity index (χ1v) is 8.00. The van der Waals surface area contributed by atoms with E-state index in [-0.39, 0.29) is 5.91 Å². The maximum Gasteiger partial charge on any atom is 0.252 e.